The number of rotatable bonds is 6. The number of sulfonamides is 1. The quantitative estimate of drug-likeness (QED) is 0.791. The van der Waals surface area contributed by atoms with Crippen molar-refractivity contribution in [2.75, 3.05) is 13.4 Å². The zero-order valence-electron chi connectivity index (χ0n) is 13.5. The van der Waals surface area contributed by atoms with Crippen LogP contribution in [0.2, 0.25) is 5.02 Å². The normalized spacial score (nSPS) is 11.1. The molecule has 0 aliphatic heterocycles. The molecule has 1 amide bonds. The SMILES string of the molecule is COc1ncc(OCc2cc(F)c(C(=O)NS(C)(=O)=O)cc2F)cc1Cl. The van der Waals surface area contributed by atoms with Gasteiger partial charge in [0.15, 0.2) is 0 Å². The van der Waals surface area contributed by atoms with E-state index >= 15 is 0 Å². The number of nitrogens with zero attached hydrogens (tertiary/aromatic N) is 1. The summed E-state index contributed by atoms with van der Waals surface area (Å²) in [6.07, 6.45) is 2.00. The standard InChI is InChI=1S/C15H13ClF2N2O5S/c1-24-15-11(16)4-9(6-19-15)25-7-8-3-13(18)10(5-12(8)17)14(21)20-26(2,22)23/h3-6H,7H2,1-2H3,(H,20,21). The minimum absolute atomic E-state index is 0.171. The Balaban J connectivity index is 2.17. The number of methoxy groups -OCH3 is 1. The molecule has 0 spiro atoms. The molecule has 2 aromatic rings. The number of pyridine rings is 1. The van der Waals surface area contributed by atoms with Crippen molar-refractivity contribution in [2.45, 2.75) is 6.61 Å². The van der Waals surface area contributed by atoms with Crippen LogP contribution in [-0.4, -0.2) is 32.7 Å². The van der Waals surface area contributed by atoms with Crippen molar-refractivity contribution in [3.63, 3.8) is 0 Å². The molecule has 11 heteroatoms. The maximum atomic E-state index is 14.1. The number of carbonyl (C=O) groups is 1. The zero-order valence-corrected chi connectivity index (χ0v) is 15.1. The fraction of sp³-hybridized carbons (Fsp3) is 0.200. The molecular formula is C15H13ClF2N2O5S. The van der Waals surface area contributed by atoms with Crippen LogP contribution in [0.4, 0.5) is 8.78 Å². The fourth-order valence-electron chi connectivity index (χ4n) is 1.89. The van der Waals surface area contributed by atoms with Crippen molar-refractivity contribution in [1.82, 2.24) is 9.71 Å². The van der Waals surface area contributed by atoms with Gasteiger partial charge in [0.25, 0.3) is 5.91 Å². The van der Waals surface area contributed by atoms with Crippen LogP contribution in [0.25, 0.3) is 0 Å². The summed E-state index contributed by atoms with van der Waals surface area (Å²) in [5, 5.41) is 0.171. The van der Waals surface area contributed by atoms with Gasteiger partial charge in [0.05, 0.1) is 25.1 Å². The molecule has 0 atom stereocenters. The van der Waals surface area contributed by atoms with Crippen molar-refractivity contribution in [1.29, 1.82) is 0 Å². The highest BCUT2D eigenvalue weighted by atomic mass is 35.5. The monoisotopic (exact) mass is 406 g/mol. The Labute approximate surface area is 153 Å². The lowest BCUT2D eigenvalue weighted by Gasteiger charge is -2.10. The molecule has 0 fully saturated rings. The third-order valence-corrected chi connectivity index (χ3v) is 3.86. The zero-order chi connectivity index (χ0) is 19.5. The summed E-state index contributed by atoms with van der Waals surface area (Å²) in [6, 6.07) is 2.72. The van der Waals surface area contributed by atoms with Crippen LogP contribution in [0.15, 0.2) is 24.4 Å². The first-order valence-corrected chi connectivity index (χ1v) is 9.20. The van der Waals surface area contributed by atoms with Crippen molar-refractivity contribution in [2.24, 2.45) is 0 Å². The Morgan fingerprint density at radius 3 is 2.54 bits per heavy atom. The first-order chi connectivity index (χ1) is 12.1. The lowest BCUT2D eigenvalue weighted by Crippen LogP contribution is -2.30. The average molecular weight is 407 g/mol. The predicted molar refractivity (Wildman–Crippen MR) is 88.8 cm³/mol. The maximum absolute atomic E-state index is 14.1. The number of hydrogen-bond acceptors (Lipinski definition) is 6. The van der Waals surface area contributed by atoms with E-state index in [9.17, 15) is 22.0 Å². The molecule has 1 heterocycles. The van der Waals surface area contributed by atoms with Crippen LogP contribution >= 0.6 is 11.6 Å². The van der Waals surface area contributed by atoms with Gasteiger partial charge in [0, 0.05) is 11.6 Å². The van der Waals surface area contributed by atoms with E-state index in [-0.39, 0.29) is 28.8 Å². The minimum atomic E-state index is -3.91. The molecule has 1 aromatic carbocycles. The largest absolute Gasteiger partial charge is 0.487 e. The van der Waals surface area contributed by atoms with Gasteiger partial charge in [-0.05, 0) is 12.1 Å². The molecule has 0 unspecified atom stereocenters. The third-order valence-electron chi connectivity index (χ3n) is 3.03. The van der Waals surface area contributed by atoms with Crippen molar-refractivity contribution in [3.05, 3.63) is 52.2 Å². The fourth-order valence-corrected chi connectivity index (χ4v) is 2.57. The molecule has 0 saturated carbocycles. The average Bonchev–Trinajstić information content (AvgIpc) is 2.53. The predicted octanol–water partition coefficient (Wildman–Crippen LogP) is 2.29. The van der Waals surface area contributed by atoms with E-state index in [1.165, 1.54) is 19.4 Å². The maximum Gasteiger partial charge on any atom is 0.267 e. The van der Waals surface area contributed by atoms with Crippen LogP contribution < -0.4 is 14.2 Å². The van der Waals surface area contributed by atoms with Gasteiger partial charge in [-0.15, -0.1) is 0 Å². The second-order valence-electron chi connectivity index (χ2n) is 5.08. The lowest BCUT2D eigenvalue weighted by atomic mass is 10.1. The van der Waals surface area contributed by atoms with Crippen LogP contribution in [0, 0.1) is 11.6 Å². The summed E-state index contributed by atoms with van der Waals surface area (Å²) < 4.78 is 61.9. The Morgan fingerprint density at radius 1 is 1.27 bits per heavy atom. The van der Waals surface area contributed by atoms with Gasteiger partial charge in [-0.1, -0.05) is 11.6 Å². The van der Waals surface area contributed by atoms with E-state index in [1.54, 1.807) is 4.72 Å². The van der Waals surface area contributed by atoms with Crippen molar-refractivity contribution in [3.8, 4) is 11.6 Å². The summed E-state index contributed by atoms with van der Waals surface area (Å²) in [6.45, 7) is -0.374. The van der Waals surface area contributed by atoms with Crippen molar-refractivity contribution < 1.29 is 31.5 Å². The Hall–Kier alpha value is -2.46. The summed E-state index contributed by atoms with van der Waals surface area (Å²) in [4.78, 5) is 15.5. The highest BCUT2D eigenvalue weighted by molar-refractivity contribution is 7.89. The van der Waals surface area contributed by atoms with Gasteiger partial charge in [0.1, 0.15) is 29.0 Å². The molecular weight excluding hydrogens is 394 g/mol. The van der Waals surface area contributed by atoms with Crippen LogP contribution in [-0.2, 0) is 16.6 Å². The molecule has 0 aliphatic rings. The molecule has 140 valence electrons. The molecule has 2 rings (SSSR count). The van der Waals surface area contributed by atoms with Crippen LogP contribution in [0.3, 0.4) is 0 Å². The number of aromatic nitrogens is 1. The number of carbonyl (C=O) groups excluding carboxylic acids is 1. The molecule has 1 aromatic heterocycles. The topological polar surface area (TPSA) is 94.6 Å². The van der Waals surface area contributed by atoms with Gasteiger partial charge >= 0.3 is 0 Å². The van der Waals surface area contributed by atoms with Gasteiger partial charge in [0.2, 0.25) is 15.9 Å². The second kappa shape index (κ2) is 7.83. The van der Waals surface area contributed by atoms with E-state index in [2.05, 4.69) is 4.98 Å². The highest BCUT2D eigenvalue weighted by Crippen LogP contribution is 2.26. The van der Waals surface area contributed by atoms with E-state index in [0.717, 1.165) is 12.3 Å². The number of nitrogens with one attached hydrogen (secondary N) is 1. The number of ether oxygens (including phenoxy) is 2. The Kier molecular flexibility index (Phi) is 5.98. The molecule has 7 nitrogen and oxygen atoms in total. The molecule has 26 heavy (non-hydrogen) atoms. The van der Waals surface area contributed by atoms with E-state index in [1.807, 2.05) is 0 Å². The summed E-state index contributed by atoms with van der Waals surface area (Å²) in [5.74, 6) is -2.95. The molecule has 1 N–H and O–H groups in total. The highest BCUT2D eigenvalue weighted by Gasteiger charge is 2.19. The van der Waals surface area contributed by atoms with E-state index in [4.69, 9.17) is 21.1 Å². The molecule has 0 saturated heterocycles. The molecule has 0 aliphatic carbocycles. The van der Waals surface area contributed by atoms with Gasteiger partial charge in [-0.3, -0.25) is 4.79 Å². The first kappa shape index (κ1) is 19.9. The number of halogens is 3. The Bertz CT molecular complexity index is 953. The summed E-state index contributed by atoms with van der Waals surface area (Å²) in [7, 11) is -2.53. The third kappa shape index (κ3) is 5.02. The number of benzene rings is 1. The lowest BCUT2D eigenvalue weighted by molar-refractivity contribution is 0.0977. The number of amides is 1. The minimum Gasteiger partial charge on any atom is -0.487 e. The summed E-state index contributed by atoms with van der Waals surface area (Å²) in [5.41, 5.74) is -0.934. The first-order valence-electron chi connectivity index (χ1n) is 6.93. The van der Waals surface area contributed by atoms with E-state index < -0.39 is 33.1 Å². The van der Waals surface area contributed by atoms with Gasteiger partial charge < -0.3 is 9.47 Å². The molecule has 0 bridgehead atoms. The van der Waals surface area contributed by atoms with Gasteiger partial charge in [-0.25, -0.2) is 26.9 Å². The number of hydrogen-bond donors (Lipinski definition) is 1. The molecule has 0 radical (unpaired) electrons. The van der Waals surface area contributed by atoms with Crippen molar-refractivity contribution >= 4 is 27.5 Å². The summed E-state index contributed by atoms with van der Waals surface area (Å²) >= 11 is 5.88. The van der Waals surface area contributed by atoms with Crippen LogP contribution in [0.1, 0.15) is 15.9 Å². The smallest absolute Gasteiger partial charge is 0.267 e. The van der Waals surface area contributed by atoms with Crippen LogP contribution in [0.5, 0.6) is 11.6 Å². The Morgan fingerprint density at radius 2 is 1.96 bits per heavy atom. The van der Waals surface area contributed by atoms with E-state index in [0.29, 0.717) is 6.07 Å². The second-order valence-corrected chi connectivity index (χ2v) is 7.23. The van der Waals surface area contributed by atoms with Gasteiger partial charge in [-0.2, -0.15) is 0 Å².